The summed E-state index contributed by atoms with van der Waals surface area (Å²) in [5, 5.41) is 14.1. The van der Waals surface area contributed by atoms with Crippen molar-refractivity contribution >= 4 is 5.69 Å². The van der Waals surface area contributed by atoms with Crippen molar-refractivity contribution in [2.24, 2.45) is 0 Å². The minimum atomic E-state index is -0.547. The first-order valence-corrected chi connectivity index (χ1v) is 10.1. The lowest BCUT2D eigenvalue weighted by molar-refractivity contribution is 0.138. The Kier molecular flexibility index (Phi) is 5.20. The summed E-state index contributed by atoms with van der Waals surface area (Å²) < 4.78 is 14.2. The lowest BCUT2D eigenvalue weighted by Crippen LogP contribution is -2.43. The van der Waals surface area contributed by atoms with Gasteiger partial charge >= 0.3 is 0 Å². The van der Waals surface area contributed by atoms with Gasteiger partial charge in [-0.05, 0) is 49.2 Å². The highest BCUT2D eigenvalue weighted by Crippen LogP contribution is 2.52. The van der Waals surface area contributed by atoms with Crippen LogP contribution in [0.25, 0.3) is 0 Å². The average molecular weight is 368 g/mol. The second kappa shape index (κ2) is 7.61. The van der Waals surface area contributed by atoms with Crippen molar-refractivity contribution in [3.8, 4) is 0 Å². The summed E-state index contributed by atoms with van der Waals surface area (Å²) in [5.41, 5.74) is 3.34. The molecule has 0 radical (unpaired) electrons. The van der Waals surface area contributed by atoms with Gasteiger partial charge in [0.2, 0.25) is 0 Å². The van der Waals surface area contributed by atoms with Crippen LogP contribution in [-0.2, 0) is 5.41 Å². The van der Waals surface area contributed by atoms with E-state index in [1.165, 1.54) is 19.3 Å². The first-order valence-electron chi connectivity index (χ1n) is 10.1. The topological polar surface area (TPSA) is 35.5 Å². The maximum atomic E-state index is 14.2. The zero-order valence-electron chi connectivity index (χ0n) is 16.0. The molecule has 1 heterocycles. The van der Waals surface area contributed by atoms with Crippen molar-refractivity contribution in [2.45, 2.75) is 49.7 Å². The number of halogens is 1. The van der Waals surface area contributed by atoms with Gasteiger partial charge in [0, 0.05) is 24.2 Å². The Hall–Kier alpha value is -1.91. The van der Waals surface area contributed by atoms with Crippen LogP contribution in [0.5, 0.6) is 0 Å². The highest BCUT2D eigenvalue weighted by molar-refractivity contribution is 5.64. The largest absolute Gasteiger partial charge is 0.389 e. The molecule has 3 nitrogen and oxygen atoms in total. The van der Waals surface area contributed by atoms with Crippen LogP contribution in [0.3, 0.4) is 0 Å². The van der Waals surface area contributed by atoms with Crippen LogP contribution in [0.1, 0.15) is 49.3 Å². The summed E-state index contributed by atoms with van der Waals surface area (Å²) in [6.45, 7) is 1.37. The summed E-state index contributed by atoms with van der Waals surface area (Å²) >= 11 is 0. The molecular formula is C23H29FN2O. The fourth-order valence-corrected chi connectivity index (χ4v) is 5.16. The van der Waals surface area contributed by atoms with E-state index in [-0.39, 0.29) is 17.3 Å². The first-order chi connectivity index (χ1) is 13.1. The number of fused-ring (bicyclic) bond motifs is 2. The van der Waals surface area contributed by atoms with Crippen molar-refractivity contribution in [3.63, 3.8) is 0 Å². The maximum absolute atomic E-state index is 14.2. The van der Waals surface area contributed by atoms with E-state index in [2.05, 4.69) is 22.3 Å². The molecule has 0 aromatic heterocycles. The second-order valence-corrected chi connectivity index (χ2v) is 8.11. The highest BCUT2D eigenvalue weighted by atomic mass is 19.1. The number of nitrogens with zero attached hydrogens (tertiary/aromatic N) is 1. The van der Waals surface area contributed by atoms with E-state index in [0.717, 1.165) is 36.2 Å². The molecule has 4 heteroatoms. The van der Waals surface area contributed by atoms with Crippen LogP contribution >= 0.6 is 0 Å². The van der Waals surface area contributed by atoms with E-state index in [1.807, 2.05) is 31.3 Å². The third-order valence-electron chi connectivity index (χ3n) is 6.38. The van der Waals surface area contributed by atoms with Gasteiger partial charge in [-0.2, -0.15) is 0 Å². The zero-order chi connectivity index (χ0) is 18.9. The third kappa shape index (κ3) is 3.37. The molecule has 2 unspecified atom stereocenters. The molecule has 2 aliphatic rings. The number of aliphatic hydroxyl groups is 1. The molecule has 2 N–H and O–H groups in total. The van der Waals surface area contributed by atoms with E-state index in [0.29, 0.717) is 6.54 Å². The fraction of sp³-hybridized carbons (Fsp3) is 0.478. The highest BCUT2D eigenvalue weighted by Gasteiger charge is 2.46. The number of hydrogen-bond acceptors (Lipinski definition) is 3. The fourth-order valence-electron chi connectivity index (χ4n) is 5.16. The summed E-state index contributed by atoms with van der Waals surface area (Å²) in [6.07, 6.45) is 5.30. The quantitative estimate of drug-likeness (QED) is 0.831. The molecule has 1 fully saturated rings. The Morgan fingerprint density at radius 2 is 1.85 bits per heavy atom. The Morgan fingerprint density at radius 3 is 2.56 bits per heavy atom. The number of anilines is 1. The van der Waals surface area contributed by atoms with Crippen LogP contribution < -0.4 is 10.2 Å². The van der Waals surface area contributed by atoms with Gasteiger partial charge < -0.3 is 15.3 Å². The normalized spacial score (nSPS) is 20.5. The molecule has 27 heavy (non-hydrogen) atoms. The SMILES string of the molecule is CNCC(O)C(c1ccccc1)N1CC2(CCCCC2)c2cc(F)ccc21. The van der Waals surface area contributed by atoms with Gasteiger partial charge in [-0.15, -0.1) is 0 Å². The van der Waals surface area contributed by atoms with E-state index in [1.54, 1.807) is 12.1 Å². The van der Waals surface area contributed by atoms with E-state index in [9.17, 15) is 9.50 Å². The standard InChI is InChI=1S/C23H29FN2O/c1-25-15-21(27)22(17-8-4-2-5-9-17)26-16-23(12-6-3-7-13-23)19-14-18(24)10-11-20(19)26/h2,4-5,8-11,14,21-22,25,27H,3,6-7,12-13,15-16H2,1H3. The predicted octanol–water partition coefficient (Wildman–Crippen LogP) is 4.17. The van der Waals surface area contributed by atoms with Gasteiger partial charge in [0.1, 0.15) is 5.82 Å². The number of rotatable bonds is 5. The molecule has 2 atom stereocenters. The van der Waals surface area contributed by atoms with Crippen molar-refractivity contribution in [1.82, 2.24) is 5.32 Å². The number of nitrogens with one attached hydrogen (secondary N) is 1. The lowest BCUT2D eigenvalue weighted by Gasteiger charge is -2.38. The Balaban J connectivity index is 1.79. The van der Waals surface area contributed by atoms with E-state index < -0.39 is 6.10 Å². The van der Waals surface area contributed by atoms with E-state index >= 15 is 0 Å². The molecule has 1 aliphatic carbocycles. The molecule has 2 aromatic rings. The van der Waals surface area contributed by atoms with Crippen LogP contribution in [0.2, 0.25) is 0 Å². The first kappa shape index (κ1) is 18.5. The van der Waals surface area contributed by atoms with Crippen molar-refractivity contribution in [2.75, 3.05) is 25.0 Å². The molecule has 1 saturated carbocycles. The summed E-state index contributed by atoms with van der Waals surface area (Å²) in [4.78, 5) is 2.33. The molecule has 144 valence electrons. The minimum absolute atomic E-state index is 0.0159. The molecule has 4 rings (SSSR count). The average Bonchev–Trinajstić information content (AvgIpc) is 2.97. The molecule has 0 saturated heterocycles. The van der Waals surface area contributed by atoms with Crippen LogP contribution in [-0.4, -0.2) is 31.3 Å². The number of benzene rings is 2. The molecule has 2 aromatic carbocycles. The third-order valence-corrected chi connectivity index (χ3v) is 6.38. The van der Waals surface area contributed by atoms with Gasteiger partial charge in [-0.25, -0.2) is 4.39 Å². The number of aliphatic hydroxyl groups excluding tert-OH is 1. The molecule has 0 amide bonds. The van der Waals surface area contributed by atoms with Gasteiger partial charge in [-0.1, -0.05) is 49.6 Å². The summed E-state index contributed by atoms with van der Waals surface area (Å²) in [5.74, 6) is -0.160. The van der Waals surface area contributed by atoms with Gasteiger partial charge in [0.15, 0.2) is 0 Å². The predicted molar refractivity (Wildman–Crippen MR) is 108 cm³/mol. The second-order valence-electron chi connectivity index (χ2n) is 8.11. The van der Waals surface area contributed by atoms with Crippen molar-refractivity contribution in [3.05, 3.63) is 65.5 Å². The van der Waals surface area contributed by atoms with Crippen molar-refractivity contribution in [1.29, 1.82) is 0 Å². The van der Waals surface area contributed by atoms with Crippen molar-refractivity contribution < 1.29 is 9.50 Å². The van der Waals surface area contributed by atoms with Gasteiger partial charge in [0.25, 0.3) is 0 Å². The summed E-state index contributed by atoms with van der Waals surface area (Å²) in [6, 6.07) is 15.3. The lowest BCUT2D eigenvalue weighted by atomic mass is 9.71. The van der Waals surface area contributed by atoms with Gasteiger partial charge in [-0.3, -0.25) is 0 Å². The monoisotopic (exact) mass is 368 g/mol. The van der Waals surface area contributed by atoms with Gasteiger partial charge in [0.05, 0.1) is 12.1 Å². The Morgan fingerprint density at radius 1 is 1.11 bits per heavy atom. The Labute approximate surface area is 161 Å². The zero-order valence-corrected chi connectivity index (χ0v) is 16.0. The van der Waals surface area contributed by atoms with Crippen LogP contribution in [0, 0.1) is 5.82 Å². The molecule has 1 aliphatic heterocycles. The summed E-state index contributed by atoms with van der Waals surface area (Å²) in [7, 11) is 1.86. The number of hydrogen-bond donors (Lipinski definition) is 2. The van der Waals surface area contributed by atoms with Crippen LogP contribution in [0.15, 0.2) is 48.5 Å². The van der Waals surface area contributed by atoms with E-state index in [4.69, 9.17) is 0 Å². The molecular weight excluding hydrogens is 339 g/mol. The maximum Gasteiger partial charge on any atom is 0.123 e. The number of likely N-dealkylation sites (N-methyl/N-ethyl adjacent to an activating group) is 1. The Bertz CT molecular complexity index is 773. The molecule has 1 spiro atoms. The minimum Gasteiger partial charge on any atom is -0.389 e. The van der Waals surface area contributed by atoms with Crippen LogP contribution in [0.4, 0.5) is 10.1 Å². The smallest absolute Gasteiger partial charge is 0.123 e. The molecule has 0 bridgehead atoms.